The van der Waals surface area contributed by atoms with Crippen LogP contribution < -0.4 is 19.5 Å². The zero-order chi connectivity index (χ0) is 31.1. The maximum absolute atomic E-state index is 12.3. The van der Waals surface area contributed by atoms with Gasteiger partial charge in [0.05, 0.1) is 25.2 Å². The fraction of sp³-hybridized carbons (Fsp3) is 0.387. The summed E-state index contributed by atoms with van der Waals surface area (Å²) < 4.78 is 45.1. The van der Waals surface area contributed by atoms with Gasteiger partial charge in [-0.15, -0.1) is 0 Å². The molecule has 0 saturated heterocycles. The molecule has 3 rings (SSSR count). The quantitative estimate of drug-likeness (QED) is 0.186. The smallest absolute Gasteiger partial charge is 0.325 e. The van der Waals surface area contributed by atoms with Crippen LogP contribution >= 0.6 is 0 Å². The Balaban J connectivity index is 1.97. The largest absolute Gasteiger partial charge is 0.497 e. The van der Waals surface area contributed by atoms with E-state index in [-0.39, 0.29) is 23.9 Å². The van der Waals surface area contributed by atoms with E-state index in [1.807, 2.05) is 36.4 Å². The fourth-order valence-corrected chi connectivity index (χ4v) is 5.86. The van der Waals surface area contributed by atoms with Gasteiger partial charge in [0.15, 0.2) is 8.32 Å². The van der Waals surface area contributed by atoms with Crippen LogP contribution in [0.2, 0.25) is 18.1 Å². The third-order valence-corrected chi connectivity index (χ3v) is 12.4. The van der Waals surface area contributed by atoms with Crippen molar-refractivity contribution in [2.24, 2.45) is 0 Å². The van der Waals surface area contributed by atoms with Crippen LogP contribution in [-0.4, -0.2) is 47.7 Å². The van der Waals surface area contributed by atoms with E-state index < -0.39 is 36.5 Å². The second-order valence-electron chi connectivity index (χ2n) is 11.7. The number of hydrogen-bond acceptors (Lipinski definition) is 7. The molecule has 0 radical (unpaired) electrons. The van der Waals surface area contributed by atoms with Crippen molar-refractivity contribution < 1.29 is 32.2 Å². The van der Waals surface area contributed by atoms with Gasteiger partial charge in [-0.3, -0.25) is 14.8 Å². The number of sulfonamides is 1. The summed E-state index contributed by atoms with van der Waals surface area (Å²) in [6, 6.07) is 20.7. The van der Waals surface area contributed by atoms with E-state index in [4.69, 9.17) is 13.9 Å². The van der Waals surface area contributed by atoms with Crippen LogP contribution in [0.15, 0.2) is 72.8 Å². The predicted octanol–water partition coefficient (Wildman–Crippen LogP) is 6.12. The van der Waals surface area contributed by atoms with Gasteiger partial charge in [-0.2, -0.15) is 0 Å². The van der Waals surface area contributed by atoms with Gasteiger partial charge in [0.2, 0.25) is 10.0 Å². The van der Waals surface area contributed by atoms with Crippen molar-refractivity contribution in [3.63, 3.8) is 0 Å². The van der Waals surface area contributed by atoms with Crippen molar-refractivity contribution in [3.8, 4) is 11.5 Å². The third-order valence-electron chi connectivity index (χ3n) is 7.35. The minimum Gasteiger partial charge on any atom is -0.497 e. The third kappa shape index (κ3) is 9.31. The molecule has 0 unspecified atom stereocenters. The molecule has 0 spiro atoms. The van der Waals surface area contributed by atoms with Gasteiger partial charge in [-0.05, 0) is 59.1 Å². The maximum Gasteiger partial charge on any atom is 0.325 e. The van der Waals surface area contributed by atoms with Crippen LogP contribution in [0.5, 0.6) is 11.5 Å². The molecule has 9 nitrogen and oxygen atoms in total. The van der Waals surface area contributed by atoms with E-state index in [0.717, 1.165) is 11.8 Å². The van der Waals surface area contributed by atoms with Crippen molar-refractivity contribution in [3.05, 3.63) is 89.5 Å². The first-order valence-electron chi connectivity index (χ1n) is 13.7. The highest BCUT2D eigenvalue weighted by Crippen LogP contribution is 2.41. The molecule has 0 fully saturated rings. The van der Waals surface area contributed by atoms with Gasteiger partial charge in [0.25, 0.3) is 0 Å². The number of anilines is 1. The first-order valence-corrected chi connectivity index (χ1v) is 18.5. The summed E-state index contributed by atoms with van der Waals surface area (Å²) in [5.41, 5.74) is 2.47. The number of benzene rings is 3. The van der Waals surface area contributed by atoms with Gasteiger partial charge in [-0.25, -0.2) is 8.42 Å². The van der Waals surface area contributed by atoms with Gasteiger partial charge < -0.3 is 19.0 Å². The molecular weight excluding hydrogens is 573 g/mol. The number of carboxylic acid groups (broad SMARTS) is 1. The topological polar surface area (TPSA) is 123 Å². The average molecular weight is 615 g/mol. The Morgan fingerprint density at radius 3 is 2.14 bits per heavy atom. The lowest BCUT2D eigenvalue weighted by Gasteiger charge is -2.40. The Bertz CT molecular complexity index is 1440. The zero-order valence-electron chi connectivity index (χ0n) is 25.3. The van der Waals surface area contributed by atoms with Crippen molar-refractivity contribution in [2.75, 3.05) is 24.6 Å². The lowest BCUT2D eigenvalue weighted by atomic mass is 10.0. The van der Waals surface area contributed by atoms with Gasteiger partial charge in [0, 0.05) is 6.54 Å². The second-order valence-corrected chi connectivity index (χ2v) is 18.2. The van der Waals surface area contributed by atoms with Gasteiger partial charge in [0.1, 0.15) is 24.1 Å². The van der Waals surface area contributed by atoms with Crippen LogP contribution in [0.25, 0.3) is 0 Å². The summed E-state index contributed by atoms with van der Waals surface area (Å²) in [5.74, 6) is -0.0356. The number of ether oxygens (including phenoxy) is 2. The molecule has 3 aromatic rings. The Kier molecular flexibility index (Phi) is 10.8. The molecule has 228 valence electrons. The molecule has 0 saturated carbocycles. The first kappa shape index (κ1) is 33.1. The van der Waals surface area contributed by atoms with Gasteiger partial charge in [-0.1, -0.05) is 69.3 Å². The number of aliphatic carboxylic acids is 1. The van der Waals surface area contributed by atoms with E-state index in [9.17, 15) is 18.3 Å². The van der Waals surface area contributed by atoms with E-state index in [0.29, 0.717) is 22.6 Å². The summed E-state index contributed by atoms with van der Waals surface area (Å²) >= 11 is 0. The van der Waals surface area contributed by atoms with Gasteiger partial charge >= 0.3 is 5.97 Å². The van der Waals surface area contributed by atoms with E-state index in [2.05, 4.69) is 43.9 Å². The Morgan fingerprint density at radius 2 is 1.60 bits per heavy atom. The number of carbonyl (C=O) groups is 1. The Morgan fingerprint density at radius 1 is 0.976 bits per heavy atom. The minimum absolute atomic E-state index is 0.125. The van der Waals surface area contributed by atoms with Crippen molar-refractivity contribution in [2.45, 2.75) is 57.7 Å². The molecule has 0 bridgehead atoms. The first-order chi connectivity index (χ1) is 19.6. The zero-order valence-corrected chi connectivity index (χ0v) is 27.1. The molecule has 0 aliphatic rings. The van der Waals surface area contributed by atoms with Crippen LogP contribution in [0.1, 0.15) is 49.6 Å². The molecule has 3 aromatic carbocycles. The van der Waals surface area contributed by atoms with Crippen molar-refractivity contribution in [1.29, 1.82) is 0 Å². The second kappa shape index (κ2) is 13.7. The number of rotatable bonds is 14. The monoisotopic (exact) mass is 614 g/mol. The molecule has 2 atom stereocenters. The molecular formula is C31H42N2O7SSi. The molecule has 11 heteroatoms. The fourth-order valence-electron chi connectivity index (χ4n) is 4.02. The summed E-state index contributed by atoms with van der Waals surface area (Å²) in [6.07, 6.45) is 0.507. The lowest BCUT2D eigenvalue weighted by molar-refractivity contribution is -0.139. The number of methoxy groups -OCH3 is 1. The Labute approximate surface area is 250 Å². The van der Waals surface area contributed by atoms with Crippen LogP contribution in [0.3, 0.4) is 0 Å². The highest BCUT2D eigenvalue weighted by atomic mass is 32.2. The SMILES string of the molecule is COc1ccc([C@H](NC[C@H](O[Si](C)(C)C(C)(C)C)c2ccc(OCc3ccccc3)c(NS(C)(=O)=O)c2)C(=O)O)cc1. The van der Waals surface area contributed by atoms with Crippen LogP contribution in [-0.2, 0) is 25.9 Å². The van der Waals surface area contributed by atoms with Crippen LogP contribution in [0, 0.1) is 0 Å². The minimum atomic E-state index is -3.63. The van der Waals surface area contributed by atoms with Crippen LogP contribution in [0.4, 0.5) is 5.69 Å². The number of hydrogen-bond donors (Lipinski definition) is 3. The molecule has 3 N–H and O–H groups in total. The highest BCUT2D eigenvalue weighted by molar-refractivity contribution is 7.92. The maximum atomic E-state index is 12.3. The molecule has 0 aromatic heterocycles. The molecule has 0 heterocycles. The van der Waals surface area contributed by atoms with Crippen molar-refractivity contribution >= 4 is 30.0 Å². The Hall–Kier alpha value is -3.38. The summed E-state index contributed by atoms with van der Waals surface area (Å²) in [5, 5.41) is 13.1. The lowest BCUT2D eigenvalue weighted by Crippen LogP contribution is -2.44. The summed E-state index contributed by atoms with van der Waals surface area (Å²) in [6.45, 7) is 11.0. The molecule has 0 aliphatic carbocycles. The normalized spacial score (nSPS) is 13.7. The average Bonchev–Trinajstić information content (AvgIpc) is 2.91. The molecule has 0 amide bonds. The van der Waals surface area contributed by atoms with E-state index in [1.54, 1.807) is 43.5 Å². The van der Waals surface area contributed by atoms with Crippen molar-refractivity contribution in [1.82, 2.24) is 5.32 Å². The number of nitrogens with one attached hydrogen (secondary N) is 2. The highest BCUT2D eigenvalue weighted by Gasteiger charge is 2.40. The summed E-state index contributed by atoms with van der Waals surface area (Å²) in [7, 11) is -4.43. The standard InChI is InChI=1S/C31H42N2O7SSi/c1-31(2,3)42(6,7)40-28(20-32-29(30(34)35)23-13-16-25(38-4)17-14-23)24-15-18-27(26(19-24)33-41(5,36)37)39-21-22-11-9-8-10-12-22/h8-19,28-29,32-33H,20-21H2,1-7H3,(H,34,35)/t28-,29-/m0/s1. The molecule has 42 heavy (non-hydrogen) atoms. The molecule has 0 aliphatic heterocycles. The summed E-state index contributed by atoms with van der Waals surface area (Å²) in [4.78, 5) is 12.3. The van der Waals surface area contributed by atoms with E-state index in [1.165, 1.54) is 0 Å². The number of carboxylic acids is 1. The van der Waals surface area contributed by atoms with E-state index >= 15 is 0 Å². The predicted molar refractivity (Wildman–Crippen MR) is 168 cm³/mol.